The van der Waals surface area contributed by atoms with Crippen molar-refractivity contribution in [1.82, 2.24) is 0 Å². The van der Waals surface area contributed by atoms with Crippen molar-refractivity contribution in [3.63, 3.8) is 0 Å². The van der Waals surface area contributed by atoms with E-state index in [1.807, 2.05) is 18.2 Å². The summed E-state index contributed by atoms with van der Waals surface area (Å²) >= 11 is 12.3. The molecule has 0 radical (unpaired) electrons. The quantitative estimate of drug-likeness (QED) is 0.196. The Kier molecular flexibility index (Phi) is 6.20. The van der Waals surface area contributed by atoms with Crippen LogP contribution in [-0.2, 0) is 16.1 Å². The molecule has 1 aliphatic heterocycles. The van der Waals surface area contributed by atoms with Crippen molar-refractivity contribution in [1.29, 1.82) is 0 Å². The Bertz CT molecular complexity index is 1290. The highest BCUT2D eigenvalue weighted by Gasteiger charge is 2.27. The van der Waals surface area contributed by atoms with Crippen LogP contribution in [0.3, 0.4) is 0 Å². The van der Waals surface area contributed by atoms with Gasteiger partial charge in [0.1, 0.15) is 12.4 Å². The Morgan fingerprint density at radius 1 is 1.03 bits per heavy atom. The molecule has 9 heteroatoms. The first-order chi connectivity index (χ1) is 15.4. The van der Waals surface area contributed by atoms with Crippen molar-refractivity contribution in [2.45, 2.75) is 6.61 Å². The van der Waals surface area contributed by atoms with E-state index in [2.05, 4.69) is 4.99 Å². The molecule has 0 atom stereocenters. The van der Waals surface area contributed by atoms with Gasteiger partial charge in [0.15, 0.2) is 5.70 Å². The number of esters is 1. The Morgan fingerprint density at radius 3 is 2.62 bits per heavy atom. The van der Waals surface area contributed by atoms with Gasteiger partial charge in [-0.1, -0.05) is 53.5 Å². The summed E-state index contributed by atoms with van der Waals surface area (Å²) in [6.07, 6.45) is 1.53. The Balaban J connectivity index is 1.56. The van der Waals surface area contributed by atoms with Gasteiger partial charge in [0.2, 0.25) is 5.90 Å². The lowest BCUT2D eigenvalue weighted by molar-refractivity contribution is -0.384. The largest absolute Gasteiger partial charge is 0.489 e. The van der Waals surface area contributed by atoms with Crippen molar-refractivity contribution in [2.24, 2.45) is 4.99 Å². The molecule has 160 valence electrons. The lowest BCUT2D eigenvalue weighted by Crippen LogP contribution is -2.06. The molecule has 0 saturated carbocycles. The average Bonchev–Trinajstić information content (AvgIpc) is 3.13. The first-order valence-electron chi connectivity index (χ1n) is 9.34. The van der Waals surface area contributed by atoms with Gasteiger partial charge in [-0.25, -0.2) is 9.79 Å². The van der Waals surface area contributed by atoms with Crippen LogP contribution in [0.2, 0.25) is 10.0 Å². The normalized spacial score (nSPS) is 14.2. The van der Waals surface area contributed by atoms with E-state index in [4.69, 9.17) is 32.7 Å². The van der Waals surface area contributed by atoms with Gasteiger partial charge in [-0.15, -0.1) is 0 Å². The minimum atomic E-state index is -0.690. The van der Waals surface area contributed by atoms with Crippen LogP contribution < -0.4 is 4.74 Å². The molecule has 0 fully saturated rings. The van der Waals surface area contributed by atoms with Crippen molar-refractivity contribution in [2.75, 3.05) is 0 Å². The van der Waals surface area contributed by atoms with E-state index in [1.165, 1.54) is 24.3 Å². The number of halogens is 2. The molecule has 3 aromatic carbocycles. The summed E-state index contributed by atoms with van der Waals surface area (Å²) in [4.78, 5) is 26.9. The van der Waals surface area contributed by atoms with E-state index in [1.54, 1.807) is 30.3 Å². The van der Waals surface area contributed by atoms with E-state index in [0.29, 0.717) is 16.3 Å². The van der Waals surface area contributed by atoms with Gasteiger partial charge in [-0.2, -0.15) is 0 Å². The predicted molar refractivity (Wildman–Crippen MR) is 121 cm³/mol. The van der Waals surface area contributed by atoms with Crippen LogP contribution in [0.25, 0.3) is 6.08 Å². The van der Waals surface area contributed by atoms with Gasteiger partial charge in [-0.05, 0) is 35.9 Å². The van der Waals surface area contributed by atoms with Crippen LogP contribution in [0.5, 0.6) is 5.75 Å². The lowest BCUT2D eigenvalue weighted by Gasteiger charge is -2.08. The smallest absolute Gasteiger partial charge is 0.363 e. The standard InChI is InChI=1S/C23H14Cl2N2O5/c24-19-7-2-1-5-15(19)13-31-17-6-3-4-14(10-17)11-21-23(28)32-22(26-21)18-12-16(27(29)30)8-9-20(18)25/h1-12H,13H2/b21-11+. The molecule has 0 aliphatic carbocycles. The third kappa shape index (κ3) is 4.80. The fourth-order valence-corrected chi connectivity index (χ4v) is 3.33. The van der Waals surface area contributed by atoms with Crippen molar-refractivity contribution in [3.8, 4) is 5.75 Å². The summed E-state index contributed by atoms with van der Waals surface area (Å²) < 4.78 is 11.0. The molecule has 0 amide bonds. The summed E-state index contributed by atoms with van der Waals surface area (Å²) in [6, 6.07) is 18.3. The minimum absolute atomic E-state index is 0.0332. The van der Waals surface area contributed by atoms with E-state index >= 15 is 0 Å². The summed E-state index contributed by atoms with van der Waals surface area (Å²) in [7, 11) is 0. The van der Waals surface area contributed by atoms with Crippen molar-refractivity contribution in [3.05, 3.63) is 109 Å². The Labute approximate surface area is 192 Å². The number of nitrogens with zero attached hydrogens (tertiary/aromatic N) is 2. The van der Waals surface area contributed by atoms with Crippen LogP contribution in [0.1, 0.15) is 16.7 Å². The van der Waals surface area contributed by atoms with E-state index < -0.39 is 10.9 Å². The van der Waals surface area contributed by atoms with E-state index in [9.17, 15) is 14.9 Å². The van der Waals surface area contributed by atoms with Crippen LogP contribution in [0, 0.1) is 10.1 Å². The molecule has 0 saturated heterocycles. The molecule has 0 bridgehead atoms. The lowest BCUT2D eigenvalue weighted by atomic mass is 10.2. The molecule has 1 heterocycles. The van der Waals surface area contributed by atoms with Crippen LogP contribution in [-0.4, -0.2) is 16.8 Å². The Hall–Kier alpha value is -3.68. The molecular weight excluding hydrogens is 455 g/mol. The number of nitro groups is 1. The molecular formula is C23H14Cl2N2O5. The first-order valence-corrected chi connectivity index (χ1v) is 10.1. The molecule has 0 spiro atoms. The summed E-state index contributed by atoms with van der Waals surface area (Å²) in [5.41, 5.74) is 1.51. The summed E-state index contributed by atoms with van der Waals surface area (Å²) in [6.45, 7) is 0.287. The van der Waals surface area contributed by atoms with Gasteiger partial charge in [0.25, 0.3) is 5.69 Å². The SMILES string of the molecule is O=C1OC(c2cc([N+](=O)[O-])ccc2Cl)=N/C1=C/c1cccc(OCc2ccccc2Cl)c1. The zero-order valence-electron chi connectivity index (χ0n) is 16.3. The van der Waals surface area contributed by atoms with Crippen molar-refractivity contribution < 1.29 is 19.2 Å². The fourth-order valence-electron chi connectivity index (χ4n) is 2.94. The van der Waals surface area contributed by atoms with Gasteiger partial charge < -0.3 is 9.47 Å². The maximum Gasteiger partial charge on any atom is 0.363 e. The molecule has 3 aromatic rings. The second-order valence-corrected chi connectivity index (χ2v) is 7.52. The predicted octanol–water partition coefficient (Wildman–Crippen LogP) is 5.83. The first kappa shape index (κ1) is 21.5. The van der Waals surface area contributed by atoms with Gasteiger partial charge >= 0.3 is 5.97 Å². The molecule has 0 aromatic heterocycles. The highest BCUT2D eigenvalue weighted by Crippen LogP contribution is 2.28. The molecule has 0 unspecified atom stereocenters. The molecule has 1 aliphatic rings. The number of hydrogen-bond acceptors (Lipinski definition) is 6. The highest BCUT2D eigenvalue weighted by molar-refractivity contribution is 6.34. The van der Waals surface area contributed by atoms with Gasteiger partial charge in [-0.3, -0.25) is 10.1 Å². The second-order valence-electron chi connectivity index (χ2n) is 6.71. The van der Waals surface area contributed by atoms with Crippen molar-refractivity contribution >= 4 is 46.8 Å². The number of rotatable bonds is 6. The third-order valence-corrected chi connectivity index (χ3v) is 5.22. The van der Waals surface area contributed by atoms with Gasteiger partial charge in [0.05, 0.1) is 15.5 Å². The fraction of sp³-hybridized carbons (Fsp3) is 0.0435. The van der Waals surface area contributed by atoms with E-state index in [-0.39, 0.29) is 34.5 Å². The monoisotopic (exact) mass is 468 g/mol. The number of benzene rings is 3. The zero-order valence-corrected chi connectivity index (χ0v) is 17.8. The highest BCUT2D eigenvalue weighted by atomic mass is 35.5. The summed E-state index contributed by atoms with van der Waals surface area (Å²) in [5, 5.41) is 11.8. The maximum absolute atomic E-state index is 12.3. The number of cyclic esters (lactones) is 1. The molecule has 4 rings (SSSR count). The number of carbonyl (C=O) groups excluding carboxylic acids is 1. The Morgan fingerprint density at radius 2 is 1.84 bits per heavy atom. The average molecular weight is 469 g/mol. The number of aliphatic imine (C=N–C) groups is 1. The summed E-state index contributed by atoms with van der Waals surface area (Å²) in [5.74, 6) is -0.206. The molecule has 7 nitrogen and oxygen atoms in total. The third-order valence-electron chi connectivity index (χ3n) is 4.53. The van der Waals surface area contributed by atoms with E-state index in [0.717, 1.165) is 5.56 Å². The topological polar surface area (TPSA) is 91.0 Å². The second kappa shape index (κ2) is 9.21. The van der Waals surface area contributed by atoms with Crippen LogP contribution in [0.15, 0.2) is 77.4 Å². The number of carbonyl (C=O) groups is 1. The number of nitro benzene ring substituents is 1. The number of ether oxygens (including phenoxy) is 2. The van der Waals surface area contributed by atoms with Crippen LogP contribution >= 0.6 is 23.2 Å². The zero-order chi connectivity index (χ0) is 22.7. The molecule has 32 heavy (non-hydrogen) atoms. The number of hydrogen-bond donors (Lipinski definition) is 0. The van der Waals surface area contributed by atoms with Gasteiger partial charge in [0, 0.05) is 22.7 Å². The maximum atomic E-state index is 12.3. The minimum Gasteiger partial charge on any atom is -0.489 e. The van der Waals surface area contributed by atoms with Crippen LogP contribution in [0.4, 0.5) is 5.69 Å². The number of non-ortho nitro benzene ring substituents is 1. The molecule has 0 N–H and O–H groups in total.